The van der Waals surface area contributed by atoms with Crippen LogP contribution >= 0.6 is 0 Å². The maximum Gasteiger partial charge on any atom is 0.0842 e. The van der Waals surface area contributed by atoms with E-state index in [9.17, 15) is 0 Å². The van der Waals surface area contributed by atoms with E-state index in [-0.39, 0.29) is 6.10 Å². The van der Waals surface area contributed by atoms with Crippen LogP contribution in [0, 0.1) is 17.8 Å². The Kier molecular flexibility index (Phi) is 2.89. The Morgan fingerprint density at radius 2 is 1.95 bits per heavy atom. The lowest BCUT2D eigenvalue weighted by atomic mass is 9.87. The van der Waals surface area contributed by atoms with Crippen LogP contribution in [-0.2, 0) is 11.2 Å². The summed E-state index contributed by atoms with van der Waals surface area (Å²) in [6.45, 7) is 0.852. The quantitative estimate of drug-likeness (QED) is 0.903. The van der Waals surface area contributed by atoms with Crippen LogP contribution in [0.2, 0.25) is 0 Å². The van der Waals surface area contributed by atoms with Crippen molar-refractivity contribution in [3.8, 4) is 0 Å². The Morgan fingerprint density at radius 1 is 1.16 bits per heavy atom. The smallest absolute Gasteiger partial charge is 0.0842 e. The second-order valence-corrected chi connectivity index (χ2v) is 6.70. The molecule has 1 aromatic rings. The van der Waals surface area contributed by atoms with Gasteiger partial charge in [0.05, 0.1) is 12.7 Å². The first-order valence-corrected chi connectivity index (χ1v) is 7.76. The lowest BCUT2D eigenvalue weighted by Crippen LogP contribution is -2.33. The molecule has 2 fully saturated rings. The van der Waals surface area contributed by atoms with E-state index in [1.807, 2.05) is 0 Å². The number of ether oxygens (including phenoxy) is 1. The first-order valence-electron chi connectivity index (χ1n) is 7.76. The summed E-state index contributed by atoms with van der Waals surface area (Å²) < 4.78 is 5.99. The zero-order chi connectivity index (χ0) is 12.8. The fourth-order valence-corrected chi connectivity index (χ4v) is 4.22. The van der Waals surface area contributed by atoms with Gasteiger partial charge in [0.2, 0.25) is 0 Å². The van der Waals surface area contributed by atoms with Gasteiger partial charge in [0, 0.05) is 6.04 Å². The van der Waals surface area contributed by atoms with Gasteiger partial charge in [0.25, 0.3) is 0 Å². The predicted molar refractivity (Wildman–Crippen MR) is 75.8 cm³/mol. The maximum absolute atomic E-state index is 6.47. The summed E-state index contributed by atoms with van der Waals surface area (Å²) in [5.74, 6) is 2.80. The SMILES string of the molecule is NC(CC1OCCc2ccccc21)C1CC2CC2C1. The van der Waals surface area contributed by atoms with Gasteiger partial charge in [0.15, 0.2) is 0 Å². The summed E-state index contributed by atoms with van der Waals surface area (Å²) in [5, 5.41) is 0. The number of hydrogen-bond donors (Lipinski definition) is 1. The molecular weight excluding hydrogens is 234 g/mol. The van der Waals surface area contributed by atoms with Gasteiger partial charge in [-0.2, -0.15) is 0 Å². The molecule has 0 aromatic heterocycles. The van der Waals surface area contributed by atoms with E-state index in [0.717, 1.165) is 37.2 Å². The molecule has 0 saturated heterocycles. The fraction of sp³-hybridized carbons (Fsp3) is 0.647. The van der Waals surface area contributed by atoms with Crippen LogP contribution in [0.4, 0.5) is 0 Å². The zero-order valence-corrected chi connectivity index (χ0v) is 11.4. The Balaban J connectivity index is 1.45. The molecule has 2 aliphatic carbocycles. The fourth-order valence-electron chi connectivity index (χ4n) is 4.22. The Hall–Kier alpha value is -0.860. The van der Waals surface area contributed by atoms with Crippen LogP contribution in [0.15, 0.2) is 24.3 Å². The van der Waals surface area contributed by atoms with Gasteiger partial charge < -0.3 is 10.5 Å². The molecule has 1 aromatic carbocycles. The first-order chi connectivity index (χ1) is 9.31. The Bertz CT molecular complexity index is 462. The minimum absolute atomic E-state index is 0.233. The monoisotopic (exact) mass is 257 g/mol. The second-order valence-electron chi connectivity index (χ2n) is 6.70. The van der Waals surface area contributed by atoms with Gasteiger partial charge in [-0.05, 0) is 61.0 Å². The number of fused-ring (bicyclic) bond motifs is 2. The average Bonchev–Trinajstić information content (AvgIpc) is 3.05. The predicted octanol–water partition coefficient (Wildman–Crippen LogP) is 3.06. The van der Waals surface area contributed by atoms with E-state index in [0.29, 0.717) is 6.04 Å². The van der Waals surface area contributed by atoms with Crippen molar-refractivity contribution in [3.63, 3.8) is 0 Å². The molecule has 2 N–H and O–H groups in total. The molecule has 2 nitrogen and oxygen atoms in total. The molecule has 0 bridgehead atoms. The van der Waals surface area contributed by atoms with E-state index in [2.05, 4.69) is 24.3 Å². The largest absolute Gasteiger partial charge is 0.373 e. The normalized spacial score (nSPS) is 37.5. The van der Waals surface area contributed by atoms with Gasteiger partial charge in [-0.15, -0.1) is 0 Å². The highest BCUT2D eigenvalue weighted by molar-refractivity contribution is 5.31. The summed E-state index contributed by atoms with van der Waals surface area (Å²) in [7, 11) is 0. The van der Waals surface area contributed by atoms with Crippen LogP contribution in [0.3, 0.4) is 0 Å². The molecule has 4 atom stereocenters. The molecule has 2 saturated carbocycles. The Morgan fingerprint density at radius 3 is 2.79 bits per heavy atom. The number of hydrogen-bond acceptors (Lipinski definition) is 2. The summed E-state index contributed by atoms with van der Waals surface area (Å²) >= 11 is 0. The molecule has 4 rings (SSSR count). The third kappa shape index (κ3) is 2.21. The van der Waals surface area contributed by atoms with Gasteiger partial charge >= 0.3 is 0 Å². The highest BCUT2D eigenvalue weighted by Crippen LogP contribution is 2.55. The lowest BCUT2D eigenvalue weighted by molar-refractivity contribution is 0.0277. The Labute approximate surface area is 115 Å². The summed E-state index contributed by atoms with van der Waals surface area (Å²) in [6, 6.07) is 9.03. The molecule has 3 aliphatic rings. The second kappa shape index (κ2) is 4.60. The molecule has 19 heavy (non-hydrogen) atoms. The molecule has 2 heteroatoms. The topological polar surface area (TPSA) is 35.2 Å². The summed E-state index contributed by atoms with van der Waals surface area (Å²) in [5.41, 5.74) is 9.31. The standard InChI is InChI=1S/C17H23NO/c18-16(14-8-12-7-13(12)9-14)10-17-15-4-2-1-3-11(15)5-6-19-17/h1-4,12-14,16-17H,5-10,18H2. The van der Waals surface area contributed by atoms with Crippen molar-refractivity contribution in [3.05, 3.63) is 35.4 Å². The molecule has 1 aliphatic heterocycles. The average molecular weight is 257 g/mol. The van der Waals surface area contributed by atoms with Crippen molar-refractivity contribution >= 4 is 0 Å². The molecule has 0 amide bonds. The summed E-state index contributed by atoms with van der Waals surface area (Å²) in [6.07, 6.45) is 6.51. The number of benzene rings is 1. The molecular formula is C17H23NO. The highest BCUT2D eigenvalue weighted by atomic mass is 16.5. The van der Waals surface area contributed by atoms with Crippen LogP contribution in [0.1, 0.15) is 42.9 Å². The van der Waals surface area contributed by atoms with Crippen molar-refractivity contribution in [2.75, 3.05) is 6.61 Å². The maximum atomic E-state index is 6.47. The van der Waals surface area contributed by atoms with Crippen molar-refractivity contribution in [1.82, 2.24) is 0 Å². The third-order valence-corrected chi connectivity index (χ3v) is 5.46. The first kappa shape index (κ1) is 11.9. The van der Waals surface area contributed by atoms with Crippen molar-refractivity contribution < 1.29 is 4.74 Å². The van der Waals surface area contributed by atoms with E-state index in [1.165, 1.54) is 30.4 Å². The van der Waals surface area contributed by atoms with Crippen molar-refractivity contribution in [1.29, 1.82) is 0 Å². The van der Waals surface area contributed by atoms with Crippen molar-refractivity contribution in [2.24, 2.45) is 23.5 Å². The molecule has 0 spiro atoms. The van der Waals surface area contributed by atoms with Gasteiger partial charge in [0.1, 0.15) is 0 Å². The molecule has 1 heterocycles. The highest BCUT2D eigenvalue weighted by Gasteiger charge is 2.47. The van der Waals surface area contributed by atoms with Gasteiger partial charge in [-0.1, -0.05) is 24.3 Å². The lowest BCUT2D eigenvalue weighted by Gasteiger charge is -2.30. The van der Waals surface area contributed by atoms with Crippen LogP contribution in [0.25, 0.3) is 0 Å². The summed E-state index contributed by atoms with van der Waals surface area (Å²) in [4.78, 5) is 0. The minimum atomic E-state index is 0.233. The van der Waals surface area contributed by atoms with Crippen LogP contribution < -0.4 is 5.73 Å². The zero-order valence-electron chi connectivity index (χ0n) is 11.4. The van der Waals surface area contributed by atoms with Crippen LogP contribution in [0.5, 0.6) is 0 Å². The third-order valence-electron chi connectivity index (χ3n) is 5.46. The van der Waals surface area contributed by atoms with Crippen molar-refractivity contribution in [2.45, 2.75) is 44.2 Å². The van der Waals surface area contributed by atoms with E-state index in [1.54, 1.807) is 0 Å². The van der Waals surface area contributed by atoms with Crippen LogP contribution in [-0.4, -0.2) is 12.6 Å². The molecule has 102 valence electrons. The van der Waals surface area contributed by atoms with E-state index < -0.39 is 0 Å². The van der Waals surface area contributed by atoms with Gasteiger partial charge in [-0.25, -0.2) is 0 Å². The molecule has 4 unspecified atom stereocenters. The number of nitrogens with two attached hydrogens (primary N) is 1. The van der Waals surface area contributed by atoms with Gasteiger partial charge in [-0.3, -0.25) is 0 Å². The number of rotatable bonds is 3. The molecule has 0 radical (unpaired) electrons. The van der Waals surface area contributed by atoms with E-state index in [4.69, 9.17) is 10.5 Å². The minimum Gasteiger partial charge on any atom is -0.373 e. The van der Waals surface area contributed by atoms with E-state index >= 15 is 0 Å².